The second-order valence-electron chi connectivity index (χ2n) is 6.59. The fraction of sp³-hybridized carbons (Fsp3) is 0.278. The van der Waals surface area contributed by atoms with Crippen molar-refractivity contribution in [1.82, 2.24) is 9.88 Å². The van der Waals surface area contributed by atoms with Crippen LogP contribution in [-0.2, 0) is 4.79 Å². The first-order chi connectivity index (χ1) is 12.4. The highest BCUT2D eigenvalue weighted by Gasteiger charge is 2.57. The van der Waals surface area contributed by atoms with E-state index in [1.165, 1.54) is 17.2 Å². The Bertz CT molecular complexity index is 972. The van der Waals surface area contributed by atoms with Crippen LogP contribution in [0.1, 0.15) is 21.8 Å². The lowest BCUT2D eigenvalue weighted by Gasteiger charge is -2.35. The molecule has 2 aliphatic rings. The summed E-state index contributed by atoms with van der Waals surface area (Å²) in [5, 5.41) is 9.80. The number of fused-ring (bicyclic) bond motifs is 3. The molecule has 4 rings (SSSR count). The summed E-state index contributed by atoms with van der Waals surface area (Å²) in [7, 11) is 0. The summed E-state index contributed by atoms with van der Waals surface area (Å²) in [4.78, 5) is 40.2. The fourth-order valence-electron chi connectivity index (χ4n) is 3.75. The Morgan fingerprint density at radius 1 is 1.35 bits per heavy atom. The normalized spacial score (nSPS) is 23.7. The molecule has 2 aromatic rings. The van der Waals surface area contributed by atoms with Gasteiger partial charge < -0.3 is 19.7 Å². The van der Waals surface area contributed by atoms with E-state index in [-0.39, 0.29) is 42.1 Å². The third-order valence-corrected chi connectivity index (χ3v) is 5.42. The van der Waals surface area contributed by atoms with Crippen molar-refractivity contribution in [3.63, 3.8) is 0 Å². The van der Waals surface area contributed by atoms with Gasteiger partial charge in [-0.25, -0.2) is 0 Å². The van der Waals surface area contributed by atoms with Crippen LogP contribution in [0.15, 0.2) is 41.3 Å². The molecule has 7 nitrogen and oxygen atoms in total. The topological polar surface area (TPSA) is 99.7 Å². The smallest absolute Gasteiger partial charge is 0.315 e. The number of amides is 1. The predicted molar refractivity (Wildman–Crippen MR) is 92.7 cm³/mol. The number of aromatic amines is 1. The van der Waals surface area contributed by atoms with Crippen LogP contribution in [0.5, 0.6) is 5.75 Å². The lowest BCUT2D eigenvalue weighted by atomic mass is 9.73. The number of halogens is 1. The molecule has 1 saturated heterocycles. The van der Waals surface area contributed by atoms with Crippen molar-refractivity contribution in [1.29, 1.82) is 0 Å². The average Bonchev–Trinajstić information content (AvgIpc) is 3.05. The van der Waals surface area contributed by atoms with Gasteiger partial charge in [-0.1, -0.05) is 29.8 Å². The van der Waals surface area contributed by atoms with Crippen LogP contribution in [0.2, 0.25) is 5.02 Å². The molecule has 1 amide bonds. The van der Waals surface area contributed by atoms with Crippen LogP contribution in [0.3, 0.4) is 0 Å². The molecule has 8 heteroatoms. The van der Waals surface area contributed by atoms with Crippen LogP contribution < -0.4 is 10.3 Å². The third-order valence-electron chi connectivity index (χ3n) is 5.14. The van der Waals surface area contributed by atoms with Gasteiger partial charge in [0, 0.05) is 30.8 Å². The number of hydrogen-bond donors (Lipinski definition) is 2. The largest absolute Gasteiger partial charge is 0.492 e. The van der Waals surface area contributed by atoms with Crippen LogP contribution >= 0.6 is 11.6 Å². The Labute approximate surface area is 153 Å². The van der Waals surface area contributed by atoms with Crippen molar-refractivity contribution in [2.24, 2.45) is 5.41 Å². The highest BCUT2D eigenvalue weighted by Crippen LogP contribution is 2.49. The van der Waals surface area contributed by atoms with E-state index in [2.05, 4.69) is 4.98 Å². The lowest BCUT2D eigenvalue weighted by molar-refractivity contribution is -0.151. The van der Waals surface area contributed by atoms with Crippen molar-refractivity contribution < 1.29 is 19.4 Å². The summed E-state index contributed by atoms with van der Waals surface area (Å²) in [6, 6.07) is 8.58. The summed E-state index contributed by atoms with van der Waals surface area (Å²) < 4.78 is 5.68. The Hall–Kier alpha value is -2.80. The quantitative estimate of drug-likeness (QED) is 0.834. The molecule has 26 heavy (non-hydrogen) atoms. The predicted octanol–water partition coefficient (Wildman–Crippen LogP) is 1.73. The van der Waals surface area contributed by atoms with Crippen LogP contribution in [0.4, 0.5) is 0 Å². The number of carbonyl (C=O) groups is 2. The summed E-state index contributed by atoms with van der Waals surface area (Å²) >= 11 is 5.80. The number of nitrogens with zero attached hydrogens (tertiary/aromatic N) is 1. The van der Waals surface area contributed by atoms with Gasteiger partial charge in [-0.15, -0.1) is 0 Å². The molecule has 1 fully saturated rings. The van der Waals surface area contributed by atoms with Gasteiger partial charge in [-0.3, -0.25) is 14.4 Å². The van der Waals surface area contributed by atoms with Gasteiger partial charge >= 0.3 is 5.97 Å². The molecule has 3 heterocycles. The van der Waals surface area contributed by atoms with Crippen molar-refractivity contribution in [2.45, 2.75) is 5.92 Å². The molecule has 134 valence electrons. The van der Waals surface area contributed by atoms with Crippen LogP contribution in [-0.4, -0.2) is 46.6 Å². The van der Waals surface area contributed by atoms with Gasteiger partial charge in [-0.05, 0) is 12.1 Å². The Balaban J connectivity index is 1.71. The highest BCUT2D eigenvalue weighted by molar-refractivity contribution is 6.30. The summed E-state index contributed by atoms with van der Waals surface area (Å²) in [6.07, 6.45) is 1.29. The van der Waals surface area contributed by atoms with E-state index in [0.717, 1.165) is 5.56 Å². The molecule has 0 unspecified atom stereocenters. The number of benzene rings is 1. The van der Waals surface area contributed by atoms with E-state index in [4.69, 9.17) is 16.3 Å². The maximum absolute atomic E-state index is 12.8. The number of hydrogen-bond acceptors (Lipinski definition) is 4. The van der Waals surface area contributed by atoms with Gasteiger partial charge in [-0.2, -0.15) is 0 Å². The zero-order chi connectivity index (χ0) is 18.5. The molecule has 2 atom stereocenters. The molecule has 2 N–H and O–H groups in total. The molecule has 0 radical (unpaired) electrons. The Kier molecular flexibility index (Phi) is 3.77. The minimum atomic E-state index is -1.20. The summed E-state index contributed by atoms with van der Waals surface area (Å²) in [5.74, 6) is -1.09. The number of carboxylic acids is 1. The maximum atomic E-state index is 12.8. The van der Waals surface area contributed by atoms with Crippen molar-refractivity contribution in [3.8, 4) is 5.75 Å². The van der Waals surface area contributed by atoms with E-state index in [1.54, 1.807) is 6.07 Å². The summed E-state index contributed by atoms with van der Waals surface area (Å²) in [6.45, 7) is 0.277. The number of likely N-dealkylation sites (tertiary alicyclic amines) is 1. The van der Waals surface area contributed by atoms with Crippen molar-refractivity contribution in [2.75, 3.05) is 19.7 Å². The highest BCUT2D eigenvalue weighted by atomic mass is 35.5. The van der Waals surface area contributed by atoms with Crippen LogP contribution in [0.25, 0.3) is 0 Å². The minimum Gasteiger partial charge on any atom is -0.492 e. The average molecular weight is 375 g/mol. The van der Waals surface area contributed by atoms with Gasteiger partial charge in [0.2, 0.25) is 0 Å². The van der Waals surface area contributed by atoms with Gasteiger partial charge in [0.25, 0.3) is 11.5 Å². The van der Waals surface area contributed by atoms with E-state index < -0.39 is 16.9 Å². The molecule has 0 aliphatic carbocycles. The van der Waals surface area contributed by atoms with Crippen molar-refractivity contribution >= 4 is 23.5 Å². The SMILES string of the molecule is O=C(c1c[nH]c(=O)c(Cl)c1)N1C[C@@H]2c3ccccc3OC[C@]2(C(=O)O)C1. The molecular formula is C18H15ClN2O5. The molecule has 1 aromatic carbocycles. The number of H-pyrrole nitrogens is 1. The van der Waals surface area contributed by atoms with E-state index >= 15 is 0 Å². The van der Waals surface area contributed by atoms with E-state index in [1.807, 2.05) is 18.2 Å². The lowest BCUT2D eigenvalue weighted by Crippen LogP contribution is -2.46. The number of nitrogens with one attached hydrogen (secondary N) is 1. The number of aromatic nitrogens is 1. The van der Waals surface area contributed by atoms with Gasteiger partial charge in [0.1, 0.15) is 22.8 Å². The second kappa shape index (κ2) is 5.88. The molecule has 1 aromatic heterocycles. The third kappa shape index (κ3) is 2.39. The van der Waals surface area contributed by atoms with E-state index in [9.17, 15) is 19.5 Å². The molecule has 0 spiro atoms. The standard InChI is InChI=1S/C18H15ClN2O5/c19-13-5-10(6-20-15(13)22)16(23)21-7-12-11-3-1-2-4-14(11)26-9-18(12,8-21)17(24)25/h1-6,12H,7-9H2,(H,20,22)(H,24,25)/t12-,18-/m1/s1. The number of pyridine rings is 1. The first-order valence-corrected chi connectivity index (χ1v) is 8.43. The molecule has 0 saturated carbocycles. The zero-order valence-electron chi connectivity index (χ0n) is 13.6. The monoisotopic (exact) mass is 374 g/mol. The fourth-order valence-corrected chi connectivity index (χ4v) is 3.93. The van der Waals surface area contributed by atoms with E-state index in [0.29, 0.717) is 5.75 Å². The zero-order valence-corrected chi connectivity index (χ0v) is 14.3. The van der Waals surface area contributed by atoms with Gasteiger partial charge in [0.05, 0.1) is 5.56 Å². The Morgan fingerprint density at radius 3 is 2.85 bits per heavy atom. The molecular weight excluding hydrogens is 360 g/mol. The van der Waals surface area contributed by atoms with Crippen molar-refractivity contribution in [3.05, 3.63) is 63.0 Å². The maximum Gasteiger partial charge on any atom is 0.315 e. The number of carboxylic acid groups (broad SMARTS) is 1. The summed E-state index contributed by atoms with van der Waals surface area (Å²) in [5.41, 5.74) is -0.683. The first kappa shape index (κ1) is 16.7. The number of para-hydroxylation sites is 1. The number of rotatable bonds is 2. The molecule has 2 aliphatic heterocycles. The molecule has 0 bridgehead atoms. The van der Waals surface area contributed by atoms with Gasteiger partial charge in [0.15, 0.2) is 0 Å². The number of ether oxygens (including phenoxy) is 1. The number of aliphatic carboxylic acids is 1. The minimum absolute atomic E-state index is 0.000171. The first-order valence-electron chi connectivity index (χ1n) is 8.05. The van der Waals surface area contributed by atoms with Crippen LogP contribution in [0, 0.1) is 5.41 Å². The number of carbonyl (C=O) groups excluding carboxylic acids is 1. The second-order valence-corrected chi connectivity index (χ2v) is 7.00. The Morgan fingerprint density at radius 2 is 2.12 bits per heavy atom.